The molecule has 4 rings (SSSR count). The van der Waals surface area contributed by atoms with Gasteiger partial charge in [0.2, 0.25) is 0 Å². The van der Waals surface area contributed by atoms with Crippen molar-refractivity contribution >= 4 is 38.8 Å². The van der Waals surface area contributed by atoms with Crippen molar-refractivity contribution in [2.24, 2.45) is 0 Å². The molecule has 1 atom stereocenters. The smallest absolute Gasteiger partial charge is 0.365 e. The van der Waals surface area contributed by atoms with Crippen molar-refractivity contribution in [3.8, 4) is 10.4 Å². The summed E-state index contributed by atoms with van der Waals surface area (Å²) in [5.41, 5.74) is -2.11. The maximum Gasteiger partial charge on any atom is 0.417 e. The number of nitrogens with zero attached hydrogens (tertiary/aromatic N) is 3. The summed E-state index contributed by atoms with van der Waals surface area (Å²) in [5.74, 6) is -1.31. The number of carbonyl (C=O) groups excluding carboxylic acids is 2. The molecule has 0 radical (unpaired) electrons. The van der Waals surface area contributed by atoms with Crippen LogP contribution in [-0.4, -0.2) is 70.8 Å². The van der Waals surface area contributed by atoms with E-state index in [1.54, 1.807) is 25.7 Å². The summed E-state index contributed by atoms with van der Waals surface area (Å²) in [6, 6.07) is 0.364. The molecule has 2 aliphatic rings. The highest BCUT2D eigenvalue weighted by atomic mass is 32.2. The number of amides is 2. The van der Waals surface area contributed by atoms with E-state index in [9.17, 15) is 31.2 Å². The number of aromatic nitrogens is 2. The van der Waals surface area contributed by atoms with Crippen molar-refractivity contribution in [1.82, 2.24) is 20.2 Å². The molecule has 0 aliphatic carbocycles. The number of anilines is 1. The quantitative estimate of drug-likeness (QED) is 0.533. The molecule has 0 unspecified atom stereocenters. The van der Waals surface area contributed by atoms with E-state index in [-0.39, 0.29) is 57.3 Å². The van der Waals surface area contributed by atoms with Crippen LogP contribution in [0.4, 0.5) is 19.0 Å². The molecule has 39 heavy (non-hydrogen) atoms. The first-order valence-corrected chi connectivity index (χ1v) is 15.4. The first-order chi connectivity index (χ1) is 18.0. The predicted molar refractivity (Wildman–Crippen MR) is 143 cm³/mol. The van der Waals surface area contributed by atoms with Crippen LogP contribution < -0.4 is 10.6 Å². The number of hydrogen-bond donors (Lipinski definition) is 2. The minimum absolute atomic E-state index is 0.0225. The van der Waals surface area contributed by atoms with Gasteiger partial charge in [0, 0.05) is 35.9 Å². The number of likely N-dealkylation sites (tertiary alicyclic amines) is 1. The Bertz CT molecular complexity index is 1350. The Kier molecular flexibility index (Phi) is 8.01. The number of halogens is 3. The van der Waals surface area contributed by atoms with Gasteiger partial charge in [0.25, 0.3) is 11.8 Å². The van der Waals surface area contributed by atoms with E-state index < -0.39 is 45.0 Å². The lowest BCUT2D eigenvalue weighted by Crippen LogP contribution is -2.40. The zero-order valence-corrected chi connectivity index (χ0v) is 23.8. The van der Waals surface area contributed by atoms with Gasteiger partial charge in [-0.05, 0) is 59.4 Å². The number of hydrogen-bond acceptors (Lipinski definition) is 8. The molecule has 214 valence electrons. The Morgan fingerprint density at radius 3 is 2.36 bits per heavy atom. The average Bonchev–Trinajstić information content (AvgIpc) is 3.45. The number of sulfone groups is 1. The second-order valence-corrected chi connectivity index (χ2v) is 14.4. The minimum atomic E-state index is -4.77. The molecule has 4 heterocycles. The van der Waals surface area contributed by atoms with Gasteiger partial charge in [0.15, 0.2) is 5.01 Å². The summed E-state index contributed by atoms with van der Waals surface area (Å²) < 4.78 is 66.3. The Balaban J connectivity index is 1.76. The second-order valence-electron chi connectivity index (χ2n) is 11.1. The molecule has 2 aromatic rings. The Hall–Kier alpha value is -2.74. The first-order valence-electron chi connectivity index (χ1n) is 12.7. The summed E-state index contributed by atoms with van der Waals surface area (Å²) in [4.78, 5) is 36.5. The van der Waals surface area contributed by atoms with E-state index in [2.05, 4.69) is 20.6 Å². The van der Waals surface area contributed by atoms with Crippen molar-refractivity contribution < 1.29 is 31.2 Å². The van der Waals surface area contributed by atoms with E-state index >= 15 is 0 Å². The second kappa shape index (κ2) is 10.7. The van der Waals surface area contributed by atoms with Crippen LogP contribution in [0.5, 0.6) is 0 Å². The third-order valence-corrected chi connectivity index (χ3v) is 9.49. The van der Waals surface area contributed by atoms with Gasteiger partial charge in [-0.2, -0.15) is 13.2 Å². The molecule has 2 amide bonds. The highest BCUT2D eigenvalue weighted by molar-refractivity contribution is 7.91. The standard InChI is InChI=1S/C25H32F3N5O4S2/c1-14-6-5-9-33(14)23(35)19-20(16-13-29-18(32-24(2,3)4)12-17(16)25(26,27)28)38-22(31-19)21(34)30-15-7-10-39(36,37)11-8-15/h12-15H,5-11H2,1-4H3,(H,29,32)(H,30,34)/t14-/m0/s1. The number of rotatable bonds is 5. The highest BCUT2D eigenvalue weighted by Gasteiger charge is 2.38. The molecule has 14 heteroatoms. The minimum Gasteiger partial charge on any atom is -0.365 e. The van der Waals surface area contributed by atoms with Crippen LogP contribution in [0.1, 0.15) is 79.2 Å². The summed E-state index contributed by atoms with van der Waals surface area (Å²) >= 11 is 0.697. The summed E-state index contributed by atoms with van der Waals surface area (Å²) in [6.07, 6.45) is -1.74. The Labute approximate surface area is 229 Å². The van der Waals surface area contributed by atoms with Crippen LogP contribution in [0.3, 0.4) is 0 Å². The molecule has 9 nitrogen and oxygen atoms in total. The fraction of sp³-hybridized carbons (Fsp3) is 0.600. The van der Waals surface area contributed by atoms with Gasteiger partial charge in [0.1, 0.15) is 21.3 Å². The van der Waals surface area contributed by atoms with Crippen LogP contribution in [0.25, 0.3) is 10.4 Å². The van der Waals surface area contributed by atoms with Gasteiger partial charge in [0.05, 0.1) is 21.9 Å². The Morgan fingerprint density at radius 1 is 1.13 bits per heavy atom. The van der Waals surface area contributed by atoms with Crippen LogP contribution >= 0.6 is 11.3 Å². The van der Waals surface area contributed by atoms with Gasteiger partial charge < -0.3 is 15.5 Å². The molecular weight excluding hydrogens is 555 g/mol. The monoisotopic (exact) mass is 587 g/mol. The lowest BCUT2D eigenvalue weighted by Gasteiger charge is -2.23. The molecular formula is C25H32F3N5O4S2. The lowest BCUT2D eigenvalue weighted by atomic mass is 10.1. The lowest BCUT2D eigenvalue weighted by molar-refractivity contribution is -0.137. The molecule has 0 bridgehead atoms. The zero-order valence-electron chi connectivity index (χ0n) is 22.2. The van der Waals surface area contributed by atoms with Crippen LogP contribution in [0.2, 0.25) is 0 Å². The van der Waals surface area contributed by atoms with E-state index in [0.717, 1.165) is 25.1 Å². The van der Waals surface area contributed by atoms with Crippen LogP contribution in [0.15, 0.2) is 12.3 Å². The van der Waals surface area contributed by atoms with Crippen molar-refractivity contribution in [2.45, 2.75) is 77.2 Å². The maximum atomic E-state index is 14.3. The molecule has 2 saturated heterocycles. The summed E-state index contributed by atoms with van der Waals surface area (Å²) in [7, 11) is -3.15. The molecule has 2 fully saturated rings. The van der Waals surface area contributed by atoms with Gasteiger partial charge in [-0.25, -0.2) is 18.4 Å². The summed E-state index contributed by atoms with van der Waals surface area (Å²) in [5, 5.41) is 5.50. The number of nitrogens with one attached hydrogen (secondary N) is 2. The molecule has 2 aliphatic heterocycles. The van der Waals surface area contributed by atoms with Crippen molar-refractivity contribution in [2.75, 3.05) is 23.4 Å². The van der Waals surface area contributed by atoms with Crippen molar-refractivity contribution in [3.63, 3.8) is 0 Å². The average molecular weight is 588 g/mol. The maximum absolute atomic E-state index is 14.3. The molecule has 2 N–H and O–H groups in total. The normalized spacial score (nSPS) is 20.2. The third-order valence-electron chi connectivity index (χ3n) is 6.68. The van der Waals surface area contributed by atoms with E-state index in [4.69, 9.17) is 0 Å². The van der Waals surface area contributed by atoms with Gasteiger partial charge in [-0.1, -0.05) is 0 Å². The van der Waals surface area contributed by atoms with Crippen LogP contribution in [-0.2, 0) is 16.0 Å². The largest absolute Gasteiger partial charge is 0.417 e. The number of pyridine rings is 1. The van der Waals surface area contributed by atoms with E-state index in [1.165, 1.54) is 0 Å². The highest BCUT2D eigenvalue weighted by Crippen LogP contribution is 2.42. The Morgan fingerprint density at radius 2 is 1.79 bits per heavy atom. The van der Waals surface area contributed by atoms with Crippen molar-refractivity contribution in [3.05, 3.63) is 28.5 Å². The van der Waals surface area contributed by atoms with E-state index in [0.29, 0.717) is 17.9 Å². The first kappa shape index (κ1) is 29.2. The number of alkyl halides is 3. The molecule has 0 aromatic carbocycles. The topological polar surface area (TPSA) is 121 Å². The molecule has 0 spiro atoms. The van der Waals surface area contributed by atoms with Gasteiger partial charge in [-0.15, -0.1) is 11.3 Å². The van der Waals surface area contributed by atoms with Gasteiger partial charge in [-0.3, -0.25) is 9.59 Å². The number of carbonyl (C=O) groups is 2. The SMILES string of the molecule is C[C@H]1CCCN1C(=O)c1nc(C(=O)NC2CCS(=O)(=O)CC2)sc1-c1cnc(NC(C)(C)C)cc1C(F)(F)F. The fourth-order valence-electron chi connectivity index (χ4n) is 4.72. The van der Waals surface area contributed by atoms with E-state index in [1.807, 2.05) is 6.92 Å². The molecule has 0 saturated carbocycles. The third kappa shape index (κ3) is 6.89. The fourth-order valence-corrected chi connectivity index (χ4v) is 7.20. The van der Waals surface area contributed by atoms with Gasteiger partial charge >= 0.3 is 6.18 Å². The zero-order chi connectivity index (χ0) is 28.8. The molecule has 2 aromatic heterocycles. The number of thiazole rings is 1. The summed E-state index contributed by atoms with van der Waals surface area (Å²) in [6.45, 7) is 7.67. The predicted octanol–water partition coefficient (Wildman–Crippen LogP) is 4.37. The van der Waals surface area contributed by atoms with Crippen molar-refractivity contribution in [1.29, 1.82) is 0 Å². The van der Waals surface area contributed by atoms with Crippen LogP contribution in [0, 0.1) is 0 Å².